The molecule has 0 radical (unpaired) electrons. The Labute approximate surface area is 169 Å². The fraction of sp³-hybridized carbons (Fsp3) is 0.667. The van der Waals surface area contributed by atoms with Crippen LogP contribution in [0, 0.1) is 5.92 Å². The van der Waals surface area contributed by atoms with Gasteiger partial charge in [-0.1, -0.05) is 13.8 Å². The summed E-state index contributed by atoms with van der Waals surface area (Å²) in [5.41, 5.74) is 2.72. The first-order valence-corrected chi connectivity index (χ1v) is 11.3. The Balaban J connectivity index is 1.58. The lowest BCUT2D eigenvalue weighted by Gasteiger charge is -2.29. The predicted molar refractivity (Wildman–Crippen MR) is 115 cm³/mol. The highest BCUT2D eigenvalue weighted by molar-refractivity contribution is 5.85. The van der Waals surface area contributed by atoms with Gasteiger partial charge in [-0.15, -0.1) is 0 Å². The Morgan fingerprint density at radius 3 is 2.57 bits per heavy atom. The number of aryl methyl sites for hydroxylation is 1. The van der Waals surface area contributed by atoms with E-state index in [0.717, 1.165) is 44.8 Å². The summed E-state index contributed by atoms with van der Waals surface area (Å²) in [7, 11) is 0. The zero-order valence-electron chi connectivity index (χ0n) is 17.6. The molecule has 4 nitrogen and oxygen atoms in total. The Hall–Kier alpha value is -1.52. The second-order valence-corrected chi connectivity index (χ2v) is 9.24. The number of nitrogens with zero attached hydrogens (tertiary/aromatic N) is 2. The van der Waals surface area contributed by atoms with E-state index < -0.39 is 0 Å². The van der Waals surface area contributed by atoms with E-state index in [2.05, 4.69) is 47.7 Å². The Morgan fingerprint density at radius 2 is 1.86 bits per heavy atom. The molecule has 1 aromatic heterocycles. The van der Waals surface area contributed by atoms with Gasteiger partial charge >= 0.3 is 0 Å². The van der Waals surface area contributed by atoms with E-state index >= 15 is 0 Å². The Kier molecular flexibility index (Phi) is 6.27. The highest BCUT2D eigenvalue weighted by Crippen LogP contribution is 2.31. The summed E-state index contributed by atoms with van der Waals surface area (Å²) in [6.45, 7) is 8.58. The van der Waals surface area contributed by atoms with Gasteiger partial charge in [-0.25, -0.2) is 0 Å². The molecule has 0 bridgehead atoms. The van der Waals surface area contributed by atoms with E-state index in [1.54, 1.807) is 0 Å². The fourth-order valence-corrected chi connectivity index (χ4v) is 4.65. The minimum absolute atomic E-state index is 0.116. The van der Waals surface area contributed by atoms with Crippen LogP contribution < -0.4 is 4.74 Å². The van der Waals surface area contributed by atoms with E-state index in [1.807, 2.05) is 0 Å². The van der Waals surface area contributed by atoms with Crippen molar-refractivity contribution < 1.29 is 9.84 Å². The molecule has 4 heteroatoms. The monoisotopic (exact) mass is 384 g/mol. The molecule has 28 heavy (non-hydrogen) atoms. The van der Waals surface area contributed by atoms with Crippen molar-refractivity contribution in [1.29, 1.82) is 0 Å². The van der Waals surface area contributed by atoms with Crippen LogP contribution >= 0.6 is 0 Å². The number of aromatic nitrogens is 1. The summed E-state index contributed by atoms with van der Waals surface area (Å²) in [5.74, 6) is 1.73. The molecule has 0 atom stereocenters. The van der Waals surface area contributed by atoms with Gasteiger partial charge in [-0.3, -0.25) is 4.90 Å². The summed E-state index contributed by atoms with van der Waals surface area (Å²) >= 11 is 0. The van der Waals surface area contributed by atoms with Crippen molar-refractivity contribution in [2.24, 2.45) is 5.92 Å². The zero-order chi connectivity index (χ0) is 19.5. The SMILES string of the molecule is CC(C)CCn1cc(CN2CCC(O)CC2)c2cc(OC3CCCC3)ccc21. The van der Waals surface area contributed by atoms with Crippen LogP contribution in [0.2, 0.25) is 0 Å². The van der Waals surface area contributed by atoms with Gasteiger partial charge in [0.2, 0.25) is 0 Å². The van der Waals surface area contributed by atoms with Crippen LogP contribution in [0.4, 0.5) is 0 Å². The highest BCUT2D eigenvalue weighted by atomic mass is 16.5. The molecule has 0 spiro atoms. The molecular weight excluding hydrogens is 348 g/mol. The lowest BCUT2D eigenvalue weighted by molar-refractivity contribution is 0.0794. The van der Waals surface area contributed by atoms with Crippen molar-refractivity contribution in [3.05, 3.63) is 30.0 Å². The first-order chi connectivity index (χ1) is 13.6. The number of ether oxygens (including phenoxy) is 1. The number of hydrogen-bond acceptors (Lipinski definition) is 3. The van der Waals surface area contributed by atoms with Crippen LogP contribution in [-0.4, -0.2) is 39.9 Å². The Bertz CT molecular complexity index is 768. The van der Waals surface area contributed by atoms with Crippen LogP contribution in [0.5, 0.6) is 5.75 Å². The maximum absolute atomic E-state index is 9.82. The number of fused-ring (bicyclic) bond motifs is 1. The minimum Gasteiger partial charge on any atom is -0.490 e. The minimum atomic E-state index is -0.116. The molecular formula is C24H36N2O2. The molecule has 1 aliphatic heterocycles. The highest BCUT2D eigenvalue weighted by Gasteiger charge is 2.20. The topological polar surface area (TPSA) is 37.6 Å². The lowest BCUT2D eigenvalue weighted by atomic mass is 10.1. The van der Waals surface area contributed by atoms with Crippen molar-refractivity contribution in [3.8, 4) is 5.75 Å². The molecule has 1 saturated heterocycles. The summed E-state index contributed by atoms with van der Waals surface area (Å²) in [4.78, 5) is 2.48. The summed E-state index contributed by atoms with van der Waals surface area (Å²) in [5, 5.41) is 11.2. The molecule has 0 amide bonds. The standard InChI is InChI=1S/C24H36N2O2/c1-18(2)9-14-26-17-19(16-25-12-10-20(27)11-13-25)23-15-22(7-8-24(23)26)28-21-5-3-4-6-21/h7-8,15,17-18,20-21,27H,3-6,9-14,16H2,1-2H3. The van der Waals surface area contributed by atoms with Crippen molar-refractivity contribution in [3.63, 3.8) is 0 Å². The third kappa shape index (κ3) is 4.72. The van der Waals surface area contributed by atoms with Crippen LogP contribution in [0.3, 0.4) is 0 Å². The number of aliphatic hydroxyl groups excluding tert-OH is 1. The number of benzene rings is 1. The van der Waals surface area contributed by atoms with E-state index in [0.29, 0.717) is 12.0 Å². The van der Waals surface area contributed by atoms with Crippen molar-refractivity contribution >= 4 is 10.9 Å². The maximum atomic E-state index is 9.82. The largest absolute Gasteiger partial charge is 0.490 e. The smallest absolute Gasteiger partial charge is 0.120 e. The van der Waals surface area contributed by atoms with Crippen LogP contribution in [0.25, 0.3) is 10.9 Å². The van der Waals surface area contributed by atoms with E-state index in [4.69, 9.17) is 4.74 Å². The molecule has 2 fully saturated rings. The molecule has 1 saturated carbocycles. The first kappa shape index (κ1) is 19.8. The molecule has 0 unspecified atom stereocenters. The number of rotatable bonds is 7. The molecule has 1 N–H and O–H groups in total. The number of hydrogen-bond donors (Lipinski definition) is 1. The van der Waals surface area contributed by atoms with Gasteiger partial charge in [-0.05, 0) is 74.6 Å². The summed E-state index contributed by atoms with van der Waals surface area (Å²) < 4.78 is 8.73. The van der Waals surface area contributed by atoms with Gasteiger partial charge in [0.15, 0.2) is 0 Å². The second-order valence-electron chi connectivity index (χ2n) is 9.24. The van der Waals surface area contributed by atoms with Gasteiger partial charge in [-0.2, -0.15) is 0 Å². The number of piperidine rings is 1. The molecule has 1 aromatic carbocycles. The van der Waals surface area contributed by atoms with E-state index in [9.17, 15) is 5.11 Å². The predicted octanol–water partition coefficient (Wildman–Crippen LogP) is 4.97. The van der Waals surface area contributed by atoms with Gasteiger partial charge in [0.25, 0.3) is 0 Å². The molecule has 2 aliphatic rings. The second kappa shape index (κ2) is 8.87. The lowest BCUT2D eigenvalue weighted by Crippen LogP contribution is -2.35. The average Bonchev–Trinajstić information content (AvgIpc) is 3.30. The number of likely N-dealkylation sites (tertiary alicyclic amines) is 1. The maximum Gasteiger partial charge on any atom is 0.120 e. The molecule has 1 aliphatic carbocycles. The normalized spacial score (nSPS) is 19.9. The van der Waals surface area contributed by atoms with Crippen LogP contribution in [0.1, 0.15) is 64.4 Å². The van der Waals surface area contributed by atoms with E-state index in [-0.39, 0.29) is 6.10 Å². The van der Waals surface area contributed by atoms with Crippen LogP contribution in [-0.2, 0) is 13.1 Å². The molecule has 2 aromatic rings. The number of aliphatic hydroxyl groups is 1. The third-order valence-corrected chi connectivity index (χ3v) is 6.44. The van der Waals surface area contributed by atoms with Gasteiger partial charge in [0.1, 0.15) is 5.75 Å². The summed E-state index contributed by atoms with van der Waals surface area (Å²) in [6, 6.07) is 6.69. The quantitative estimate of drug-likeness (QED) is 0.733. The first-order valence-electron chi connectivity index (χ1n) is 11.3. The Morgan fingerprint density at radius 1 is 1.11 bits per heavy atom. The van der Waals surface area contributed by atoms with Gasteiger partial charge < -0.3 is 14.4 Å². The zero-order valence-corrected chi connectivity index (χ0v) is 17.6. The van der Waals surface area contributed by atoms with Crippen molar-refractivity contribution in [2.75, 3.05) is 13.1 Å². The van der Waals surface area contributed by atoms with Crippen LogP contribution in [0.15, 0.2) is 24.4 Å². The molecule has 154 valence electrons. The molecule has 2 heterocycles. The van der Waals surface area contributed by atoms with Gasteiger partial charge in [0, 0.05) is 43.3 Å². The molecule has 4 rings (SSSR count). The van der Waals surface area contributed by atoms with Crippen molar-refractivity contribution in [1.82, 2.24) is 9.47 Å². The van der Waals surface area contributed by atoms with Gasteiger partial charge in [0.05, 0.1) is 12.2 Å². The van der Waals surface area contributed by atoms with Crippen molar-refractivity contribution in [2.45, 2.75) is 84.1 Å². The summed E-state index contributed by atoms with van der Waals surface area (Å²) in [6.07, 6.45) is 10.6. The average molecular weight is 385 g/mol. The third-order valence-electron chi connectivity index (χ3n) is 6.44. The van der Waals surface area contributed by atoms with E-state index in [1.165, 1.54) is 48.6 Å². The fourth-order valence-electron chi connectivity index (χ4n) is 4.65.